The van der Waals surface area contributed by atoms with Crippen LogP contribution >= 0.6 is 0 Å². The van der Waals surface area contributed by atoms with E-state index >= 15 is 0 Å². The molecule has 0 aliphatic heterocycles. The molecule has 0 saturated carbocycles. The van der Waals surface area contributed by atoms with Gasteiger partial charge in [0.05, 0.1) is 18.2 Å². The summed E-state index contributed by atoms with van der Waals surface area (Å²) in [7, 11) is 1.66. The zero-order valence-corrected chi connectivity index (χ0v) is 12.6. The van der Waals surface area contributed by atoms with Crippen LogP contribution in [0.25, 0.3) is 10.9 Å². The van der Waals surface area contributed by atoms with Crippen molar-refractivity contribution < 1.29 is 14.1 Å². The third-order valence-corrected chi connectivity index (χ3v) is 3.61. The summed E-state index contributed by atoms with van der Waals surface area (Å²) >= 11 is 0. The van der Waals surface area contributed by atoms with Gasteiger partial charge in [-0.05, 0) is 29.8 Å². The lowest BCUT2D eigenvalue weighted by Crippen LogP contribution is -2.11. The molecule has 22 heavy (non-hydrogen) atoms. The highest BCUT2D eigenvalue weighted by Crippen LogP contribution is 2.25. The van der Waals surface area contributed by atoms with Crippen molar-refractivity contribution >= 4 is 16.6 Å². The highest BCUT2D eigenvalue weighted by molar-refractivity contribution is 5.90. The smallest absolute Gasteiger partial charge is 0.213 e. The normalized spacial score (nSPS) is 10.7. The Morgan fingerprint density at radius 1 is 1.09 bits per heavy atom. The number of aromatic nitrogens is 1. The van der Waals surface area contributed by atoms with Crippen molar-refractivity contribution in [1.29, 1.82) is 0 Å². The van der Waals surface area contributed by atoms with Crippen molar-refractivity contribution in [2.24, 2.45) is 0 Å². The Labute approximate surface area is 128 Å². The average Bonchev–Trinajstić information content (AvgIpc) is 2.53. The zero-order valence-electron chi connectivity index (χ0n) is 12.6. The van der Waals surface area contributed by atoms with Gasteiger partial charge >= 0.3 is 0 Å². The molecule has 2 aromatic carbocycles. The van der Waals surface area contributed by atoms with E-state index in [9.17, 15) is 4.39 Å². The van der Waals surface area contributed by atoms with Crippen molar-refractivity contribution in [2.45, 2.75) is 13.5 Å². The molecule has 112 valence electrons. The quantitative estimate of drug-likeness (QED) is 0.796. The van der Waals surface area contributed by atoms with Gasteiger partial charge in [-0.15, -0.1) is 0 Å². The molecule has 0 aliphatic rings. The summed E-state index contributed by atoms with van der Waals surface area (Å²) in [4.78, 5) is 3.34. The van der Waals surface area contributed by atoms with E-state index in [0.717, 1.165) is 33.6 Å². The summed E-state index contributed by atoms with van der Waals surface area (Å²) in [6.45, 7) is 2.66. The first kappa shape index (κ1) is 14.3. The maximum Gasteiger partial charge on any atom is 0.213 e. The van der Waals surface area contributed by atoms with Crippen LogP contribution in [-0.4, -0.2) is 7.11 Å². The van der Waals surface area contributed by atoms with E-state index in [0.29, 0.717) is 6.54 Å². The molecule has 3 rings (SSSR count). The number of pyridine rings is 1. The van der Waals surface area contributed by atoms with Gasteiger partial charge in [0.1, 0.15) is 11.6 Å². The van der Waals surface area contributed by atoms with E-state index in [1.807, 2.05) is 25.1 Å². The summed E-state index contributed by atoms with van der Waals surface area (Å²) in [5, 5.41) is 4.48. The molecule has 0 amide bonds. The van der Waals surface area contributed by atoms with Crippen molar-refractivity contribution in [3.05, 3.63) is 65.6 Å². The summed E-state index contributed by atoms with van der Waals surface area (Å²) in [6, 6.07) is 14.5. The van der Waals surface area contributed by atoms with Crippen LogP contribution in [0.2, 0.25) is 0 Å². The van der Waals surface area contributed by atoms with Crippen molar-refractivity contribution in [1.82, 2.24) is 0 Å². The number of benzene rings is 2. The lowest BCUT2D eigenvalue weighted by atomic mass is 10.1. The predicted octanol–water partition coefficient (Wildman–Crippen LogP) is 3.72. The van der Waals surface area contributed by atoms with Gasteiger partial charge in [-0.3, -0.25) is 0 Å². The number of rotatable bonds is 4. The van der Waals surface area contributed by atoms with Gasteiger partial charge in [0.25, 0.3) is 0 Å². The first-order valence-electron chi connectivity index (χ1n) is 7.15. The lowest BCUT2D eigenvalue weighted by molar-refractivity contribution is -0.354. The predicted molar refractivity (Wildman–Crippen MR) is 85.5 cm³/mol. The lowest BCUT2D eigenvalue weighted by Gasteiger charge is -2.09. The van der Waals surface area contributed by atoms with Gasteiger partial charge in [0, 0.05) is 25.6 Å². The first-order chi connectivity index (χ1) is 10.7. The third kappa shape index (κ3) is 3.01. The standard InChI is InChI=1S/C18H17FN2O/c1-12-9-18(20-11-13-3-5-14(19)6-4-13)16-10-15(22-2)7-8-17(16)21-12/h3-10H,11H2,1-2H3,(H,20,21)/p+1. The second kappa shape index (κ2) is 6.02. The Hall–Kier alpha value is -2.62. The molecule has 2 N–H and O–H groups in total. The second-order valence-electron chi connectivity index (χ2n) is 5.26. The summed E-state index contributed by atoms with van der Waals surface area (Å²) < 4.78 is 18.3. The summed E-state index contributed by atoms with van der Waals surface area (Å²) in [5.41, 5.74) is 4.17. The van der Waals surface area contributed by atoms with E-state index in [1.54, 1.807) is 19.2 Å². The van der Waals surface area contributed by atoms with Crippen molar-refractivity contribution in [3.8, 4) is 5.75 Å². The number of ether oxygens (including phenoxy) is 1. The Balaban J connectivity index is 1.93. The summed E-state index contributed by atoms with van der Waals surface area (Å²) in [5.74, 6) is 0.596. The molecule has 1 aromatic heterocycles. The molecule has 0 saturated heterocycles. The minimum absolute atomic E-state index is 0.218. The topological polar surface area (TPSA) is 35.4 Å². The average molecular weight is 297 g/mol. The molecule has 0 bridgehead atoms. The Morgan fingerprint density at radius 3 is 2.59 bits per heavy atom. The maximum absolute atomic E-state index is 13.0. The second-order valence-corrected chi connectivity index (χ2v) is 5.26. The van der Waals surface area contributed by atoms with Crippen LogP contribution in [-0.2, 0) is 6.54 Å². The number of hydrogen-bond acceptors (Lipinski definition) is 2. The van der Waals surface area contributed by atoms with Gasteiger partial charge in [0.2, 0.25) is 5.52 Å². The summed E-state index contributed by atoms with van der Waals surface area (Å²) in [6.07, 6.45) is 0. The van der Waals surface area contributed by atoms with Crippen LogP contribution in [0.1, 0.15) is 11.3 Å². The minimum Gasteiger partial charge on any atom is -0.497 e. The van der Waals surface area contributed by atoms with E-state index < -0.39 is 0 Å². The molecule has 0 spiro atoms. The monoisotopic (exact) mass is 297 g/mol. The first-order valence-corrected chi connectivity index (χ1v) is 7.15. The fourth-order valence-electron chi connectivity index (χ4n) is 2.47. The zero-order chi connectivity index (χ0) is 15.5. The number of fused-ring (bicyclic) bond motifs is 1. The van der Waals surface area contributed by atoms with Gasteiger partial charge in [-0.1, -0.05) is 12.1 Å². The van der Waals surface area contributed by atoms with Crippen LogP contribution < -0.4 is 15.0 Å². The highest BCUT2D eigenvalue weighted by Gasteiger charge is 2.10. The number of methoxy groups -OCH3 is 1. The number of anilines is 1. The number of H-pyrrole nitrogens is 1. The molecule has 4 heteroatoms. The minimum atomic E-state index is -0.218. The number of hydrogen-bond donors (Lipinski definition) is 1. The molecule has 0 atom stereocenters. The SMILES string of the molecule is COc1ccc2[nH+]c(C)cc(NCc3ccc(F)cc3)c2c1. The highest BCUT2D eigenvalue weighted by atomic mass is 19.1. The van der Waals surface area contributed by atoms with Crippen molar-refractivity contribution in [3.63, 3.8) is 0 Å². The van der Waals surface area contributed by atoms with Crippen LogP contribution in [0.4, 0.5) is 10.1 Å². The number of halogens is 1. The fraction of sp³-hybridized carbons (Fsp3) is 0.167. The third-order valence-electron chi connectivity index (χ3n) is 3.61. The molecule has 1 heterocycles. The molecule has 0 fully saturated rings. The number of aromatic amines is 1. The van der Waals surface area contributed by atoms with Gasteiger partial charge < -0.3 is 10.1 Å². The van der Waals surface area contributed by atoms with E-state index in [-0.39, 0.29) is 5.82 Å². The molecule has 0 aliphatic carbocycles. The van der Waals surface area contributed by atoms with Gasteiger partial charge in [-0.25, -0.2) is 9.37 Å². The number of nitrogens with one attached hydrogen (secondary N) is 2. The van der Waals surface area contributed by atoms with Gasteiger partial charge in [-0.2, -0.15) is 0 Å². The van der Waals surface area contributed by atoms with Crippen LogP contribution in [0.5, 0.6) is 5.75 Å². The van der Waals surface area contributed by atoms with E-state index in [4.69, 9.17) is 4.74 Å². The van der Waals surface area contributed by atoms with E-state index in [1.165, 1.54) is 12.1 Å². The molecular weight excluding hydrogens is 279 g/mol. The van der Waals surface area contributed by atoms with E-state index in [2.05, 4.69) is 16.4 Å². The molecular formula is C18H18FN2O+. The van der Waals surface area contributed by atoms with Crippen LogP contribution in [0, 0.1) is 12.7 Å². The largest absolute Gasteiger partial charge is 0.497 e. The Bertz CT molecular complexity index is 800. The fourth-order valence-corrected chi connectivity index (χ4v) is 2.47. The molecule has 3 aromatic rings. The maximum atomic E-state index is 13.0. The Morgan fingerprint density at radius 2 is 1.86 bits per heavy atom. The molecule has 0 radical (unpaired) electrons. The molecule has 3 nitrogen and oxygen atoms in total. The van der Waals surface area contributed by atoms with Crippen LogP contribution in [0.15, 0.2) is 48.5 Å². The van der Waals surface area contributed by atoms with Crippen molar-refractivity contribution in [2.75, 3.05) is 12.4 Å². The molecule has 0 unspecified atom stereocenters. The van der Waals surface area contributed by atoms with Crippen LogP contribution in [0.3, 0.4) is 0 Å². The Kier molecular flexibility index (Phi) is 3.92. The number of aryl methyl sites for hydroxylation is 1. The van der Waals surface area contributed by atoms with Gasteiger partial charge in [0.15, 0.2) is 5.69 Å².